The predicted molar refractivity (Wildman–Crippen MR) is 81.4 cm³/mol. The number of rotatable bonds is 6. The minimum atomic E-state index is -3.68. The molecular weight excluding hydrogens is 288 g/mol. The molecule has 0 atom stereocenters. The van der Waals surface area contributed by atoms with E-state index in [2.05, 4.69) is 20.0 Å². The van der Waals surface area contributed by atoms with Crippen molar-refractivity contribution in [2.24, 2.45) is 0 Å². The second-order valence-electron chi connectivity index (χ2n) is 4.51. The van der Waals surface area contributed by atoms with E-state index in [-0.39, 0.29) is 11.6 Å². The summed E-state index contributed by atoms with van der Waals surface area (Å²) in [5.41, 5.74) is 2.32. The van der Waals surface area contributed by atoms with Crippen molar-refractivity contribution in [3.8, 4) is 0 Å². The molecule has 2 aromatic rings. The molecule has 6 nitrogen and oxygen atoms in total. The third-order valence-corrected chi connectivity index (χ3v) is 4.35. The Balaban J connectivity index is 2.21. The molecule has 2 heterocycles. The second-order valence-corrected chi connectivity index (χ2v) is 6.20. The van der Waals surface area contributed by atoms with Gasteiger partial charge in [0.25, 0.3) is 10.0 Å². The van der Waals surface area contributed by atoms with Crippen molar-refractivity contribution < 1.29 is 8.42 Å². The maximum absolute atomic E-state index is 12.4. The third kappa shape index (κ3) is 3.77. The average Bonchev–Trinajstić information content (AvgIpc) is 2.47. The Morgan fingerprint density at radius 2 is 2.05 bits per heavy atom. The van der Waals surface area contributed by atoms with E-state index in [1.807, 2.05) is 19.9 Å². The Hall–Kier alpha value is -1.99. The number of hydrogen-bond donors (Lipinski definition) is 2. The van der Waals surface area contributed by atoms with Crippen molar-refractivity contribution in [2.45, 2.75) is 25.4 Å². The lowest BCUT2D eigenvalue weighted by Crippen LogP contribution is -2.25. The summed E-state index contributed by atoms with van der Waals surface area (Å²) in [7, 11) is -3.68. The molecule has 0 saturated carbocycles. The van der Waals surface area contributed by atoms with Gasteiger partial charge < -0.3 is 5.32 Å². The number of nitrogens with zero attached hydrogens (tertiary/aromatic N) is 2. The van der Waals surface area contributed by atoms with Crippen molar-refractivity contribution in [3.63, 3.8) is 0 Å². The first-order chi connectivity index (χ1) is 10.0. The van der Waals surface area contributed by atoms with E-state index in [1.54, 1.807) is 24.5 Å². The van der Waals surface area contributed by atoms with Crippen LogP contribution in [-0.4, -0.2) is 24.9 Å². The van der Waals surface area contributed by atoms with Crippen molar-refractivity contribution in [1.82, 2.24) is 14.7 Å². The molecule has 0 aromatic carbocycles. The molecule has 112 valence electrons. The summed E-state index contributed by atoms with van der Waals surface area (Å²) in [5, 5.41) is 3.01. The highest BCUT2D eigenvalue weighted by Gasteiger charge is 2.19. The summed E-state index contributed by atoms with van der Waals surface area (Å²) in [6.45, 7) is 4.62. The molecule has 0 bridgehead atoms. The Bertz CT molecular complexity index is 716. The van der Waals surface area contributed by atoms with Gasteiger partial charge in [-0.2, -0.15) is 0 Å². The SMILES string of the molecule is CCNc1cccnc1S(=O)(=O)NCc1cnccc1C. The van der Waals surface area contributed by atoms with Crippen LogP contribution in [0.1, 0.15) is 18.1 Å². The van der Waals surface area contributed by atoms with Crippen LogP contribution in [0.25, 0.3) is 0 Å². The summed E-state index contributed by atoms with van der Waals surface area (Å²) in [5.74, 6) is 0. The standard InChI is InChI=1S/C14H18N4O2S/c1-3-16-13-5-4-7-17-14(13)21(19,20)18-10-12-9-15-8-6-11(12)2/h4-9,16,18H,3,10H2,1-2H3. The topological polar surface area (TPSA) is 84.0 Å². The Morgan fingerprint density at radius 3 is 2.76 bits per heavy atom. The zero-order chi connectivity index (χ0) is 15.3. The summed E-state index contributed by atoms with van der Waals surface area (Å²) >= 11 is 0. The molecule has 0 aliphatic carbocycles. The Labute approximate surface area is 124 Å². The minimum absolute atomic E-state index is 0.00777. The van der Waals surface area contributed by atoms with E-state index >= 15 is 0 Å². The zero-order valence-corrected chi connectivity index (χ0v) is 12.8. The number of hydrogen-bond acceptors (Lipinski definition) is 5. The van der Waals surface area contributed by atoms with Crippen molar-refractivity contribution in [2.75, 3.05) is 11.9 Å². The quantitative estimate of drug-likeness (QED) is 0.848. The molecule has 0 fully saturated rings. The van der Waals surface area contributed by atoms with Crippen LogP contribution in [0.5, 0.6) is 0 Å². The van der Waals surface area contributed by atoms with Gasteiger partial charge >= 0.3 is 0 Å². The number of anilines is 1. The molecule has 0 amide bonds. The normalized spacial score (nSPS) is 11.3. The molecule has 0 spiro atoms. The van der Waals surface area contributed by atoms with Crippen LogP contribution in [0, 0.1) is 6.92 Å². The van der Waals surface area contributed by atoms with Gasteiger partial charge in [0.2, 0.25) is 0 Å². The fraction of sp³-hybridized carbons (Fsp3) is 0.286. The first-order valence-corrected chi connectivity index (χ1v) is 8.11. The molecule has 0 radical (unpaired) electrons. The first-order valence-electron chi connectivity index (χ1n) is 6.62. The van der Waals surface area contributed by atoms with Crippen molar-refractivity contribution >= 4 is 15.7 Å². The van der Waals surface area contributed by atoms with Crippen LogP contribution in [0.2, 0.25) is 0 Å². The van der Waals surface area contributed by atoms with Gasteiger partial charge in [-0.1, -0.05) is 0 Å². The van der Waals surface area contributed by atoms with Crippen molar-refractivity contribution in [1.29, 1.82) is 0 Å². The van der Waals surface area contributed by atoms with Crippen LogP contribution >= 0.6 is 0 Å². The van der Waals surface area contributed by atoms with Gasteiger partial charge in [-0.15, -0.1) is 0 Å². The summed E-state index contributed by atoms with van der Waals surface area (Å²) in [4.78, 5) is 7.98. The summed E-state index contributed by atoms with van der Waals surface area (Å²) < 4.78 is 27.3. The lowest BCUT2D eigenvalue weighted by atomic mass is 10.2. The fourth-order valence-electron chi connectivity index (χ4n) is 1.85. The van der Waals surface area contributed by atoms with Gasteiger partial charge in [0.1, 0.15) is 0 Å². The molecule has 0 aliphatic rings. The zero-order valence-electron chi connectivity index (χ0n) is 12.0. The average molecular weight is 306 g/mol. The largest absolute Gasteiger partial charge is 0.383 e. The second kappa shape index (κ2) is 6.64. The smallest absolute Gasteiger partial charge is 0.260 e. The molecule has 21 heavy (non-hydrogen) atoms. The third-order valence-electron chi connectivity index (χ3n) is 2.99. The molecule has 2 aromatic heterocycles. The molecule has 0 saturated heterocycles. The molecule has 2 rings (SSSR count). The highest BCUT2D eigenvalue weighted by molar-refractivity contribution is 7.89. The van der Waals surface area contributed by atoms with E-state index in [0.29, 0.717) is 12.2 Å². The van der Waals surface area contributed by atoms with E-state index in [9.17, 15) is 8.42 Å². The van der Waals surface area contributed by atoms with E-state index in [4.69, 9.17) is 0 Å². The molecule has 0 unspecified atom stereocenters. The lowest BCUT2D eigenvalue weighted by Gasteiger charge is -2.11. The van der Waals surface area contributed by atoms with Gasteiger partial charge in [0, 0.05) is 31.7 Å². The van der Waals surface area contributed by atoms with Crippen LogP contribution in [-0.2, 0) is 16.6 Å². The van der Waals surface area contributed by atoms with Crippen LogP contribution in [0.4, 0.5) is 5.69 Å². The van der Waals surface area contributed by atoms with Crippen LogP contribution < -0.4 is 10.0 Å². The van der Waals surface area contributed by atoms with Crippen LogP contribution in [0.15, 0.2) is 41.8 Å². The Kier molecular flexibility index (Phi) is 4.87. The van der Waals surface area contributed by atoms with Gasteiger partial charge in [-0.3, -0.25) is 4.98 Å². The predicted octanol–water partition coefficient (Wildman–Crippen LogP) is 1.70. The molecular formula is C14H18N4O2S. The van der Waals surface area contributed by atoms with E-state index < -0.39 is 10.0 Å². The van der Waals surface area contributed by atoms with Gasteiger partial charge in [-0.05, 0) is 43.2 Å². The summed E-state index contributed by atoms with van der Waals surface area (Å²) in [6, 6.07) is 5.23. The Morgan fingerprint density at radius 1 is 1.24 bits per heavy atom. The number of aromatic nitrogens is 2. The number of aryl methyl sites for hydroxylation is 1. The highest BCUT2D eigenvalue weighted by atomic mass is 32.2. The number of nitrogens with one attached hydrogen (secondary N) is 2. The monoisotopic (exact) mass is 306 g/mol. The van der Waals surface area contributed by atoms with Crippen molar-refractivity contribution in [3.05, 3.63) is 47.9 Å². The van der Waals surface area contributed by atoms with Gasteiger partial charge in [0.15, 0.2) is 5.03 Å². The molecule has 7 heteroatoms. The molecule has 0 aliphatic heterocycles. The molecule has 2 N–H and O–H groups in total. The minimum Gasteiger partial charge on any atom is -0.383 e. The summed E-state index contributed by atoms with van der Waals surface area (Å²) in [6.07, 6.45) is 4.79. The van der Waals surface area contributed by atoms with Gasteiger partial charge in [-0.25, -0.2) is 18.1 Å². The maximum Gasteiger partial charge on any atom is 0.260 e. The van der Waals surface area contributed by atoms with E-state index in [0.717, 1.165) is 11.1 Å². The highest BCUT2D eigenvalue weighted by Crippen LogP contribution is 2.18. The maximum atomic E-state index is 12.4. The number of sulfonamides is 1. The number of pyridine rings is 2. The first kappa shape index (κ1) is 15.4. The fourth-order valence-corrected chi connectivity index (χ4v) is 2.96. The lowest BCUT2D eigenvalue weighted by molar-refractivity contribution is 0.577. The van der Waals surface area contributed by atoms with Gasteiger partial charge in [0.05, 0.1) is 5.69 Å². The van der Waals surface area contributed by atoms with Crippen LogP contribution in [0.3, 0.4) is 0 Å². The van der Waals surface area contributed by atoms with E-state index in [1.165, 1.54) is 6.20 Å².